The van der Waals surface area contributed by atoms with E-state index in [2.05, 4.69) is 5.32 Å². The summed E-state index contributed by atoms with van der Waals surface area (Å²) in [7, 11) is 0. The summed E-state index contributed by atoms with van der Waals surface area (Å²) in [5.74, 6) is 0. The Morgan fingerprint density at radius 1 is 1.25 bits per heavy atom. The molecule has 8 heavy (non-hydrogen) atoms. The molecule has 0 atom stereocenters. The van der Waals surface area contributed by atoms with Gasteiger partial charge in [-0.05, 0) is 0 Å². The van der Waals surface area contributed by atoms with Gasteiger partial charge in [0, 0.05) is 14.5 Å². The van der Waals surface area contributed by atoms with E-state index in [4.69, 9.17) is 4.74 Å². The predicted octanol–water partition coefficient (Wildman–Crippen LogP) is 0.878. The zero-order chi connectivity index (χ0) is 6.24. The van der Waals surface area contributed by atoms with Gasteiger partial charge in [0.05, 0.1) is 13.2 Å². The highest BCUT2D eigenvalue weighted by Gasteiger charge is 1.92. The van der Waals surface area contributed by atoms with Gasteiger partial charge in [0.2, 0.25) is 0 Å². The van der Waals surface area contributed by atoms with Crippen LogP contribution in [-0.4, -0.2) is 26.3 Å². The van der Waals surface area contributed by atoms with Gasteiger partial charge in [0.15, 0.2) is 0 Å². The van der Waals surface area contributed by atoms with E-state index in [9.17, 15) is 0 Å². The average molecular weight is 119 g/mol. The van der Waals surface area contributed by atoms with Crippen molar-refractivity contribution < 1.29 is 6.16 Å². The van der Waals surface area contributed by atoms with Crippen LogP contribution in [0.15, 0.2) is 0 Å². The van der Waals surface area contributed by atoms with E-state index in [1.165, 1.54) is 0 Å². The third kappa shape index (κ3) is 4.09. The van der Waals surface area contributed by atoms with Crippen molar-refractivity contribution >= 4 is 0 Å². The molecule has 0 spiro atoms. The Hall–Kier alpha value is -0.0800. The standard InChI is InChI=1S/C4H9NO.C2H6.H2/c1-3-6-4-2-5-1;1-2;/h5H,1-4H2;1-2H3;1H. The smallest absolute Gasteiger partial charge is 0.0591 e. The van der Waals surface area contributed by atoms with Crippen molar-refractivity contribution in [2.75, 3.05) is 26.3 Å². The lowest BCUT2D eigenvalue weighted by atomic mass is 10.5. The van der Waals surface area contributed by atoms with Crippen LogP contribution < -0.4 is 5.32 Å². The molecule has 0 unspecified atom stereocenters. The monoisotopic (exact) mass is 119 g/mol. The maximum atomic E-state index is 5.01. The first kappa shape index (κ1) is 7.92. The van der Waals surface area contributed by atoms with Gasteiger partial charge in [-0.15, -0.1) is 0 Å². The summed E-state index contributed by atoms with van der Waals surface area (Å²) in [5.41, 5.74) is 0. The van der Waals surface area contributed by atoms with Crippen LogP contribution in [0.1, 0.15) is 15.3 Å². The Balaban J connectivity index is 0. The molecule has 0 amide bonds. The van der Waals surface area contributed by atoms with E-state index in [0.717, 1.165) is 26.3 Å². The van der Waals surface area contributed by atoms with Crippen molar-refractivity contribution in [1.82, 2.24) is 5.32 Å². The topological polar surface area (TPSA) is 21.3 Å². The second kappa shape index (κ2) is 6.92. The van der Waals surface area contributed by atoms with Gasteiger partial charge in [0.1, 0.15) is 0 Å². The van der Waals surface area contributed by atoms with Crippen molar-refractivity contribution in [3.05, 3.63) is 0 Å². The number of rotatable bonds is 0. The van der Waals surface area contributed by atoms with Crippen molar-refractivity contribution in [3.63, 3.8) is 0 Å². The van der Waals surface area contributed by atoms with Crippen LogP contribution in [0.25, 0.3) is 0 Å². The fourth-order valence-corrected chi connectivity index (χ4v) is 0.516. The van der Waals surface area contributed by atoms with E-state index in [-0.39, 0.29) is 1.43 Å². The molecule has 52 valence electrons. The van der Waals surface area contributed by atoms with Gasteiger partial charge in [0.25, 0.3) is 0 Å². The van der Waals surface area contributed by atoms with Gasteiger partial charge in [-0.25, -0.2) is 0 Å². The summed E-state index contributed by atoms with van der Waals surface area (Å²) in [6, 6.07) is 0. The Morgan fingerprint density at radius 2 is 1.75 bits per heavy atom. The van der Waals surface area contributed by atoms with Crippen LogP contribution in [0, 0.1) is 0 Å². The molecule has 1 fully saturated rings. The van der Waals surface area contributed by atoms with Gasteiger partial charge in [-0.2, -0.15) is 0 Å². The Labute approximate surface area is 52.7 Å². The van der Waals surface area contributed by atoms with Gasteiger partial charge in [-0.3, -0.25) is 0 Å². The second-order valence-corrected chi connectivity index (χ2v) is 1.36. The maximum Gasteiger partial charge on any atom is 0.0591 e. The summed E-state index contributed by atoms with van der Waals surface area (Å²) in [5, 5.41) is 3.16. The lowest BCUT2D eigenvalue weighted by Gasteiger charge is -2.10. The maximum absolute atomic E-state index is 5.01. The van der Waals surface area contributed by atoms with Crippen LogP contribution in [-0.2, 0) is 4.74 Å². The quantitative estimate of drug-likeness (QED) is 0.511. The van der Waals surface area contributed by atoms with E-state index < -0.39 is 0 Å². The molecule has 0 bridgehead atoms. The van der Waals surface area contributed by atoms with Crippen LogP contribution >= 0.6 is 0 Å². The third-order valence-electron chi connectivity index (χ3n) is 0.846. The van der Waals surface area contributed by atoms with Gasteiger partial charge in [-0.1, -0.05) is 13.8 Å². The molecule has 0 saturated carbocycles. The van der Waals surface area contributed by atoms with Crippen molar-refractivity contribution in [1.29, 1.82) is 0 Å². The number of morpholine rings is 1. The number of ether oxygens (including phenoxy) is 1. The SMILES string of the molecule is C1COCCN1.CC.[HH]. The van der Waals surface area contributed by atoms with Gasteiger partial charge >= 0.3 is 0 Å². The minimum absolute atomic E-state index is 0. The molecule has 1 saturated heterocycles. The van der Waals surface area contributed by atoms with E-state index in [1.54, 1.807) is 0 Å². The molecule has 1 aliphatic heterocycles. The molecule has 2 nitrogen and oxygen atoms in total. The first-order chi connectivity index (χ1) is 4.00. The zero-order valence-electron chi connectivity index (χ0n) is 5.74. The summed E-state index contributed by atoms with van der Waals surface area (Å²) in [4.78, 5) is 0. The number of hydrogen-bond donors (Lipinski definition) is 1. The predicted molar refractivity (Wildman–Crippen MR) is 37.2 cm³/mol. The molecule has 0 aromatic heterocycles. The molecule has 1 aliphatic rings. The Bertz CT molecular complexity index is 28.5. The Morgan fingerprint density at radius 3 is 1.88 bits per heavy atom. The fraction of sp³-hybridized carbons (Fsp3) is 1.00. The highest BCUT2D eigenvalue weighted by Crippen LogP contribution is 1.76. The first-order valence-electron chi connectivity index (χ1n) is 3.28. The summed E-state index contributed by atoms with van der Waals surface area (Å²) in [6.45, 7) is 7.83. The Kier molecular flexibility index (Phi) is 6.85. The average Bonchev–Trinajstić information content (AvgIpc) is 1.96. The summed E-state index contributed by atoms with van der Waals surface area (Å²) < 4.78 is 5.01. The molecular formula is C6H17NO. The van der Waals surface area contributed by atoms with Crippen molar-refractivity contribution in [2.24, 2.45) is 0 Å². The van der Waals surface area contributed by atoms with E-state index in [0.29, 0.717) is 0 Å². The molecule has 1 heterocycles. The highest BCUT2D eigenvalue weighted by atomic mass is 16.5. The molecular weight excluding hydrogens is 102 g/mol. The highest BCUT2D eigenvalue weighted by molar-refractivity contribution is 4.49. The van der Waals surface area contributed by atoms with E-state index in [1.807, 2.05) is 13.8 Å². The molecule has 0 aromatic carbocycles. The van der Waals surface area contributed by atoms with Crippen molar-refractivity contribution in [3.8, 4) is 0 Å². The largest absolute Gasteiger partial charge is 0.379 e. The van der Waals surface area contributed by atoms with Crippen molar-refractivity contribution in [2.45, 2.75) is 13.8 Å². The van der Waals surface area contributed by atoms with Gasteiger partial charge < -0.3 is 10.1 Å². The molecule has 2 heteroatoms. The van der Waals surface area contributed by atoms with Crippen LogP contribution in [0.2, 0.25) is 0 Å². The number of nitrogens with one attached hydrogen (secondary N) is 1. The summed E-state index contributed by atoms with van der Waals surface area (Å²) >= 11 is 0. The van der Waals surface area contributed by atoms with E-state index >= 15 is 0 Å². The van der Waals surface area contributed by atoms with Crippen LogP contribution in [0.4, 0.5) is 0 Å². The minimum Gasteiger partial charge on any atom is -0.379 e. The summed E-state index contributed by atoms with van der Waals surface area (Å²) in [6.07, 6.45) is 0. The van der Waals surface area contributed by atoms with Crippen LogP contribution in [0.3, 0.4) is 0 Å². The minimum atomic E-state index is 0. The van der Waals surface area contributed by atoms with Crippen LogP contribution in [0.5, 0.6) is 0 Å². The molecule has 0 aromatic rings. The molecule has 1 rings (SSSR count). The lowest BCUT2D eigenvalue weighted by Crippen LogP contribution is -2.30. The molecule has 0 radical (unpaired) electrons. The number of hydrogen-bond acceptors (Lipinski definition) is 2. The normalized spacial score (nSPS) is 18.8. The first-order valence-corrected chi connectivity index (χ1v) is 3.28. The fourth-order valence-electron chi connectivity index (χ4n) is 0.516. The lowest BCUT2D eigenvalue weighted by molar-refractivity contribution is 0.109. The molecule has 0 aliphatic carbocycles. The molecule has 1 N–H and O–H groups in total. The third-order valence-corrected chi connectivity index (χ3v) is 0.846. The second-order valence-electron chi connectivity index (χ2n) is 1.36. The zero-order valence-corrected chi connectivity index (χ0v) is 5.74.